The standard InChI is InChI=1S/C25H26N2O4/c1-15-12-20(26-18(4)28)13-16(2)24(15)31-21-10-11-23(29)22(14-21)27-25(30)17(3)19-8-6-5-7-9-19/h5-14,17,29H,1-4H3,(H,26,28)(H,27,30). The van der Waals surface area contributed by atoms with Crippen LogP contribution in [0.15, 0.2) is 60.7 Å². The number of carbonyl (C=O) groups excluding carboxylic acids is 2. The van der Waals surface area contributed by atoms with Crippen LogP contribution in [-0.4, -0.2) is 16.9 Å². The van der Waals surface area contributed by atoms with Gasteiger partial charge in [-0.2, -0.15) is 0 Å². The topological polar surface area (TPSA) is 87.7 Å². The molecule has 0 bridgehead atoms. The van der Waals surface area contributed by atoms with Crippen LogP contribution in [0.3, 0.4) is 0 Å². The highest BCUT2D eigenvalue weighted by atomic mass is 16.5. The van der Waals surface area contributed by atoms with Crippen LogP contribution in [0.5, 0.6) is 17.2 Å². The first kappa shape index (κ1) is 21.9. The normalized spacial score (nSPS) is 11.5. The smallest absolute Gasteiger partial charge is 0.231 e. The number of hydrogen-bond acceptors (Lipinski definition) is 4. The molecule has 3 rings (SSSR count). The van der Waals surface area contributed by atoms with Crippen molar-refractivity contribution in [3.63, 3.8) is 0 Å². The Labute approximate surface area is 181 Å². The van der Waals surface area contributed by atoms with Crippen molar-refractivity contribution in [2.24, 2.45) is 0 Å². The van der Waals surface area contributed by atoms with Gasteiger partial charge in [-0.25, -0.2) is 0 Å². The predicted octanol–water partition coefficient (Wildman–Crippen LogP) is 5.50. The maximum absolute atomic E-state index is 12.7. The van der Waals surface area contributed by atoms with Crippen molar-refractivity contribution >= 4 is 23.2 Å². The molecule has 6 nitrogen and oxygen atoms in total. The number of hydrogen-bond donors (Lipinski definition) is 3. The van der Waals surface area contributed by atoms with Crippen LogP contribution in [0, 0.1) is 13.8 Å². The lowest BCUT2D eigenvalue weighted by Crippen LogP contribution is -2.18. The number of aromatic hydroxyl groups is 1. The van der Waals surface area contributed by atoms with Crippen molar-refractivity contribution in [1.82, 2.24) is 0 Å². The number of amides is 2. The molecule has 0 aromatic heterocycles. The fraction of sp³-hybridized carbons (Fsp3) is 0.200. The first-order valence-corrected chi connectivity index (χ1v) is 10.00. The zero-order chi connectivity index (χ0) is 22.5. The Bertz CT molecular complexity index is 1090. The molecule has 0 saturated carbocycles. The number of anilines is 2. The molecule has 6 heteroatoms. The van der Waals surface area contributed by atoms with Crippen LogP contribution < -0.4 is 15.4 Å². The molecule has 160 valence electrons. The van der Waals surface area contributed by atoms with Crippen LogP contribution in [0.1, 0.15) is 36.5 Å². The number of ether oxygens (including phenoxy) is 1. The van der Waals surface area contributed by atoms with Gasteiger partial charge in [0.2, 0.25) is 11.8 Å². The van der Waals surface area contributed by atoms with E-state index in [4.69, 9.17) is 4.74 Å². The summed E-state index contributed by atoms with van der Waals surface area (Å²) in [6.07, 6.45) is 0. The van der Waals surface area contributed by atoms with E-state index in [-0.39, 0.29) is 29.2 Å². The van der Waals surface area contributed by atoms with E-state index in [0.717, 1.165) is 16.7 Å². The summed E-state index contributed by atoms with van der Waals surface area (Å²) < 4.78 is 6.05. The minimum absolute atomic E-state index is 0.0459. The average molecular weight is 418 g/mol. The molecule has 0 fully saturated rings. The zero-order valence-corrected chi connectivity index (χ0v) is 18.0. The quantitative estimate of drug-likeness (QED) is 0.461. The summed E-state index contributed by atoms with van der Waals surface area (Å²) in [5, 5.41) is 15.8. The maximum Gasteiger partial charge on any atom is 0.231 e. The molecular formula is C25H26N2O4. The Hall–Kier alpha value is -3.80. The fourth-order valence-corrected chi connectivity index (χ4v) is 3.32. The van der Waals surface area contributed by atoms with Gasteiger partial charge in [-0.15, -0.1) is 0 Å². The molecule has 0 heterocycles. The molecule has 3 aromatic carbocycles. The van der Waals surface area contributed by atoms with Crippen LogP contribution in [0.4, 0.5) is 11.4 Å². The van der Waals surface area contributed by atoms with E-state index in [1.807, 2.05) is 63.2 Å². The van der Waals surface area contributed by atoms with Gasteiger partial charge in [0.25, 0.3) is 0 Å². The van der Waals surface area contributed by atoms with E-state index in [1.54, 1.807) is 12.1 Å². The Morgan fingerprint density at radius 1 is 0.935 bits per heavy atom. The largest absolute Gasteiger partial charge is 0.506 e. The number of nitrogens with one attached hydrogen (secondary N) is 2. The monoisotopic (exact) mass is 418 g/mol. The van der Waals surface area contributed by atoms with Crippen molar-refractivity contribution < 1.29 is 19.4 Å². The number of phenolic OH excluding ortho intramolecular Hbond substituents is 1. The SMILES string of the molecule is CC(=O)Nc1cc(C)c(Oc2ccc(O)c(NC(=O)C(C)c3ccccc3)c2)c(C)c1. The van der Waals surface area contributed by atoms with Gasteiger partial charge in [0.1, 0.15) is 17.2 Å². The molecule has 2 amide bonds. The highest BCUT2D eigenvalue weighted by Crippen LogP contribution is 2.35. The van der Waals surface area contributed by atoms with E-state index >= 15 is 0 Å². The Kier molecular flexibility index (Phi) is 6.60. The number of carbonyl (C=O) groups is 2. The Morgan fingerprint density at radius 3 is 2.19 bits per heavy atom. The summed E-state index contributed by atoms with van der Waals surface area (Å²) in [6, 6.07) is 17.8. The number of rotatable bonds is 6. The lowest BCUT2D eigenvalue weighted by Gasteiger charge is -2.16. The van der Waals surface area contributed by atoms with Crippen LogP contribution in [0.2, 0.25) is 0 Å². The van der Waals surface area contributed by atoms with Crippen molar-refractivity contribution in [2.45, 2.75) is 33.6 Å². The summed E-state index contributed by atoms with van der Waals surface area (Å²) in [5.74, 6) is 0.321. The second kappa shape index (κ2) is 9.34. The van der Waals surface area contributed by atoms with Crippen LogP contribution in [-0.2, 0) is 9.59 Å². The van der Waals surface area contributed by atoms with E-state index < -0.39 is 0 Å². The van der Waals surface area contributed by atoms with Gasteiger partial charge in [0.15, 0.2) is 0 Å². The minimum Gasteiger partial charge on any atom is -0.506 e. The van der Waals surface area contributed by atoms with Gasteiger partial charge >= 0.3 is 0 Å². The van der Waals surface area contributed by atoms with Gasteiger partial charge in [-0.3, -0.25) is 9.59 Å². The van der Waals surface area contributed by atoms with Crippen molar-refractivity contribution in [1.29, 1.82) is 0 Å². The summed E-state index contributed by atoms with van der Waals surface area (Å²) in [4.78, 5) is 24.0. The maximum atomic E-state index is 12.7. The molecule has 0 aliphatic carbocycles. The van der Waals surface area contributed by atoms with Gasteiger partial charge < -0.3 is 20.5 Å². The second-order valence-electron chi connectivity index (χ2n) is 7.52. The molecule has 1 unspecified atom stereocenters. The molecule has 0 radical (unpaired) electrons. The summed E-state index contributed by atoms with van der Waals surface area (Å²) in [6.45, 7) is 7.04. The lowest BCUT2D eigenvalue weighted by molar-refractivity contribution is -0.117. The third-order valence-electron chi connectivity index (χ3n) is 4.92. The van der Waals surface area contributed by atoms with Gasteiger partial charge in [0.05, 0.1) is 11.6 Å². The second-order valence-corrected chi connectivity index (χ2v) is 7.52. The highest BCUT2D eigenvalue weighted by molar-refractivity contribution is 5.97. The molecular weight excluding hydrogens is 392 g/mol. The van der Waals surface area contributed by atoms with Gasteiger partial charge in [-0.1, -0.05) is 30.3 Å². The predicted molar refractivity (Wildman–Crippen MR) is 122 cm³/mol. The summed E-state index contributed by atoms with van der Waals surface area (Å²) in [5.41, 5.74) is 3.55. The first-order chi connectivity index (χ1) is 14.7. The van der Waals surface area contributed by atoms with Gasteiger partial charge in [0, 0.05) is 18.7 Å². The molecule has 0 spiro atoms. The number of benzene rings is 3. The Balaban J connectivity index is 1.80. The van der Waals surface area contributed by atoms with Gasteiger partial charge in [-0.05, 0) is 61.7 Å². The van der Waals surface area contributed by atoms with Crippen LogP contribution >= 0.6 is 0 Å². The molecule has 31 heavy (non-hydrogen) atoms. The van der Waals surface area contributed by atoms with E-state index in [0.29, 0.717) is 17.2 Å². The molecule has 3 aromatic rings. The molecule has 0 saturated heterocycles. The molecule has 0 aliphatic heterocycles. The lowest BCUT2D eigenvalue weighted by atomic mass is 10.0. The summed E-state index contributed by atoms with van der Waals surface area (Å²) in [7, 11) is 0. The molecule has 3 N–H and O–H groups in total. The first-order valence-electron chi connectivity index (χ1n) is 10.00. The zero-order valence-electron chi connectivity index (χ0n) is 18.0. The van der Waals surface area contributed by atoms with E-state index in [9.17, 15) is 14.7 Å². The van der Waals surface area contributed by atoms with Crippen LogP contribution in [0.25, 0.3) is 0 Å². The van der Waals surface area contributed by atoms with E-state index in [2.05, 4.69) is 10.6 Å². The third-order valence-corrected chi connectivity index (χ3v) is 4.92. The fourth-order valence-electron chi connectivity index (χ4n) is 3.32. The molecule has 1 atom stereocenters. The Morgan fingerprint density at radius 2 is 1.58 bits per heavy atom. The van der Waals surface area contributed by atoms with E-state index in [1.165, 1.54) is 13.0 Å². The average Bonchev–Trinajstić information content (AvgIpc) is 2.72. The highest BCUT2D eigenvalue weighted by Gasteiger charge is 2.17. The molecule has 0 aliphatic rings. The third kappa shape index (κ3) is 5.42. The number of aryl methyl sites for hydroxylation is 2. The number of phenols is 1. The summed E-state index contributed by atoms with van der Waals surface area (Å²) >= 11 is 0. The van der Waals surface area contributed by atoms with Crippen molar-refractivity contribution in [2.75, 3.05) is 10.6 Å². The van der Waals surface area contributed by atoms with Crippen molar-refractivity contribution in [3.05, 3.63) is 77.4 Å². The van der Waals surface area contributed by atoms with Crippen molar-refractivity contribution in [3.8, 4) is 17.2 Å². The minimum atomic E-state index is -0.379.